The van der Waals surface area contributed by atoms with E-state index in [1.54, 1.807) is 20.0 Å². The van der Waals surface area contributed by atoms with Gasteiger partial charge in [-0.1, -0.05) is 32.0 Å². The fourth-order valence-electron chi connectivity index (χ4n) is 3.70. The van der Waals surface area contributed by atoms with Crippen molar-refractivity contribution in [1.29, 1.82) is 0 Å². The molecule has 1 aromatic heterocycles. The number of ketones is 3. The first-order valence-electron chi connectivity index (χ1n) is 10.0. The molecule has 3 rings (SSSR count). The highest BCUT2D eigenvalue weighted by molar-refractivity contribution is 6.38. The van der Waals surface area contributed by atoms with Gasteiger partial charge in [0.05, 0.1) is 6.04 Å². The Morgan fingerprint density at radius 2 is 1.90 bits per heavy atom. The average molecular weight is 411 g/mol. The lowest BCUT2D eigenvalue weighted by molar-refractivity contribution is -0.143. The zero-order chi connectivity index (χ0) is 21.8. The van der Waals surface area contributed by atoms with Gasteiger partial charge in [-0.15, -0.1) is 0 Å². The molecule has 2 aromatic rings. The predicted octanol–water partition coefficient (Wildman–Crippen LogP) is 1.08. The number of hydrogen-bond donors (Lipinski definition) is 3. The number of aromatic nitrogens is 1. The molecule has 0 radical (unpaired) electrons. The normalized spacial score (nSPS) is 17.6. The van der Waals surface area contributed by atoms with Crippen molar-refractivity contribution < 1.29 is 24.0 Å². The predicted molar refractivity (Wildman–Crippen MR) is 110 cm³/mol. The Balaban J connectivity index is 1.64. The molecule has 0 bridgehead atoms. The molecule has 1 aromatic carbocycles. The second kappa shape index (κ2) is 9.02. The molecule has 2 atom stereocenters. The van der Waals surface area contributed by atoms with Crippen molar-refractivity contribution in [3.8, 4) is 0 Å². The van der Waals surface area contributed by atoms with Gasteiger partial charge in [0, 0.05) is 42.4 Å². The maximum atomic E-state index is 12.7. The van der Waals surface area contributed by atoms with Crippen molar-refractivity contribution in [2.24, 2.45) is 11.8 Å². The summed E-state index contributed by atoms with van der Waals surface area (Å²) < 4.78 is 0. The number of Topliss-reactive ketones (excluding diaryl/α,β-unsaturated/α-hetero) is 3. The molecule has 1 fully saturated rings. The van der Waals surface area contributed by atoms with E-state index in [-0.39, 0.29) is 24.5 Å². The summed E-state index contributed by atoms with van der Waals surface area (Å²) in [4.78, 5) is 64.2. The molecular formula is C22H25N3O5. The Labute approximate surface area is 173 Å². The van der Waals surface area contributed by atoms with E-state index in [0.29, 0.717) is 18.5 Å². The minimum Gasteiger partial charge on any atom is -0.361 e. The van der Waals surface area contributed by atoms with Gasteiger partial charge in [-0.2, -0.15) is 0 Å². The summed E-state index contributed by atoms with van der Waals surface area (Å²) in [5, 5.41) is 5.85. The zero-order valence-corrected chi connectivity index (χ0v) is 17.0. The SMILES string of the molecule is CC(C)C(NC(=O)C(=O)Cc1c[nH]c2ccccc12)C(=O)CC1CCNC(=O)C1=O. The number of carbonyl (C=O) groups excluding carboxylic acids is 5. The monoisotopic (exact) mass is 411 g/mol. The first kappa shape index (κ1) is 21.4. The maximum Gasteiger partial charge on any atom is 0.288 e. The lowest BCUT2D eigenvalue weighted by atomic mass is 9.86. The number of hydrogen-bond acceptors (Lipinski definition) is 5. The Bertz CT molecular complexity index is 1010. The van der Waals surface area contributed by atoms with E-state index in [0.717, 1.165) is 10.9 Å². The van der Waals surface area contributed by atoms with Crippen LogP contribution in [0.4, 0.5) is 0 Å². The fraction of sp³-hybridized carbons (Fsp3) is 0.409. The molecule has 3 N–H and O–H groups in total. The van der Waals surface area contributed by atoms with Crippen molar-refractivity contribution in [1.82, 2.24) is 15.6 Å². The van der Waals surface area contributed by atoms with Crippen LogP contribution in [0.25, 0.3) is 10.9 Å². The van der Waals surface area contributed by atoms with Gasteiger partial charge in [0.25, 0.3) is 11.8 Å². The third kappa shape index (κ3) is 4.64. The zero-order valence-electron chi connectivity index (χ0n) is 17.0. The molecule has 0 spiro atoms. The average Bonchev–Trinajstić information content (AvgIpc) is 3.12. The van der Waals surface area contributed by atoms with Crippen LogP contribution in [-0.4, -0.2) is 46.7 Å². The summed E-state index contributed by atoms with van der Waals surface area (Å²) in [6, 6.07) is 6.57. The molecule has 8 heteroatoms. The van der Waals surface area contributed by atoms with Crippen LogP contribution in [0.15, 0.2) is 30.5 Å². The van der Waals surface area contributed by atoms with Gasteiger partial charge in [0.2, 0.25) is 11.6 Å². The van der Waals surface area contributed by atoms with Crippen molar-refractivity contribution in [2.75, 3.05) is 6.54 Å². The minimum absolute atomic E-state index is 0.0872. The van der Waals surface area contributed by atoms with Gasteiger partial charge < -0.3 is 15.6 Å². The highest BCUT2D eigenvalue weighted by Crippen LogP contribution is 2.19. The lowest BCUT2D eigenvalue weighted by Crippen LogP contribution is -2.49. The summed E-state index contributed by atoms with van der Waals surface area (Å²) in [6.45, 7) is 3.84. The van der Waals surface area contributed by atoms with Gasteiger partial charge in [-0.05, 0) is 24.0 Å². The quantitative estimate of drug-likeness (QED) is 0.561. The number of carbonyl (C=O) groups is 5. The number of H-pyrrole nitrogens is 1. The molecule has 0 aliphatic carbocycles. The van der Waals surface area contributed by atoms with Crippen LogP contribution in [-0.2, 0) is 30.4 Å². The van der Waals surface area contributed by atoms with Crippen LogP contribution in [0, 0.1) is 11.8 Å². The first-order valence-corrected chi connectivity index (χ1v) is 10.0. The number of fused-ring (bicyclic) bond motifs is 1. The maximum absolute atomic E-state index is 12.7. The van der Waals surface area contributed by atoms with Crippen LogP contribution in [0.5, 0.6) is 0 Å². The Kier molecular flexibility index (Phi) is 6.44. The van der Waals surface area contributed by atoms with Crippen LogP contribution in [0.1, 0.15) is 32.3 Å². The molecule has 2 unspecified atom stereocenters. The van der Waals surface area contributed by atoms with Gasteiger partial charge in [0.15, 0.2) is 5.78 Å². The summed E-state index contributed by atoms with van der Waals surface area (Å²) in [7, 11) is 0. The van der Waals surface area contributed by atoms with Gasteiger partial charge in [-0.25, -0.2) is 0 Å². The number of amides is 2. The summed E-state index contributed by atoms with van der Waals surface area (Å²) >= 11 is 0. The number of benzene rings is 1. The van der Waals surface area contributed by atoms with Gasteiger partial charge in [-0.3, -0.25) is 24.0 Å². The molecule has 1 saturated heterocycles. The second-order valence-corrected chi connectivity index (χ2v) is 7.93. The highest BCUT2D eigenvalue weighted by Gasteiger charge is 2.34. The molecule has 2 heterocycles. The molecule has 8 nitrogen and oxygen atoms in total. The molecule has 30 heavy (non-hydrogen) atoms. The standard InChI is InChI=1S/C22H25N3O5/c1-12(2)19(17(26)9-13-7-8-23-22(30)20(13)28)25-21(29)18(27)10-14-11-24-16-6-4-3-5-15(14)16/h3-6,11-13,19,24H,7-10H2,1-2H3,(H,23,30)(H,25,29). The third-order valence-corrected chi connectivity index (χ3v) is 5.40. The smallest absolute Gasteiger partial charge is 0.288 e. The van der Waals surface area contributed by atoms with Gasteiger partial charge in [0.1, 0.15) is 0 Å². The molecule has 1 aliphatic rings. The summed E-state index contributed by atoms with van der Waals surface area (Å²) in [5.74, 6) is -4.09. The molecule has 0 saturated carbocycles. The molecule has 1 aliphatic heterocycles. The second-order valence-electron chi connectivity index (χ2n) is 7.93. The Hall–Kier alpha value is -3.29. The van der Waals surface area contributed by atoms with E-state index >= 15 is 0 Å². The molecular weight excluding hydrogens is 386 g/mol. The minimum atomic E-state index is -0.901. The Morgan fingerprint density at radius 1 is 1.17 bits per heavy atom. The van der Waals surface area contributed by atoms with E-state index < -0.39 is 35.3 Å². The van der Waals surface area contributed by atoms with Crippen LogP contribution in [0.2, 0.25) is 0 Å². The van der Waals surface area contributed by atoms with E-state index in [4.69, 9.17) is 0 Å². The first-order chi connectivity index (χ1) is 14.3. The van der Waals surface area contributed by atoms with Gasteiger partial charge >= 0.3 is 0 Å². The van der Waals surface area contributed by atoms with Crippen LogP contribution < -0.4 is 10.6 Å². The molecule has 2 amide bonds. The van der Waals surface area contributed by atoms with Crippen molar-refractivity contribution in [2.45, 2.75) is 39.2 Å². The van der Waals surface area contributed by atoms with Crippen LogP contribution >= 0.6 is 0 Å². The number of para-hydroxylation sites is 1. The van der Waals surface area contributed by atoms with Crippen molar-refractivity contribution in [3.63, 3.8) is 0 Å². The highest BCUT2D eigenvalue weighted by atomic mass is 16.2. The largest absolute Gasteiger partial charge is 0.361 e. The van der Waals surface area contributed by atoms with Crippen molar-refractivity contribution in [3.05, 3.63) is 36.0 Å². The third-order valence-electron chi connectivity index (χ3n) is 5.40. The number of nitrogens with one attached hydrogen (secondary N) is 3. The van der Waals surface area contributed by atoms with Crippen LogP contribution in [0.3, 0.4) is 0 Å². The van der Waals surface area contributed by atoms with Crippen molar-refractivity contribution >= 4 is 40.1 Å². The van der Waals surface area contributed by atoms with E-state index in [2.05, 4.69) is 15.6 Å². The summed E-state index contributed by atoms with van der Waals surface area (Å²) in [6.07, 6.45) is 1.86. The lowest BCUT2D eigenvalue weighted by Gasteiger charge is -2.25. The van der Waals surface area contributed by atoms with E-state index in [1.807, 2.05) is 24.3 Å². The Morgan fingerprint density at radius 3 is 2.63 bits per heavy atom. The summed E-state index contributed by atoms with van der Waals surface area (Å²) in [5.41, 5.74) is 1.58. The van der Waals surface area contributed by atoms with E-state index in [9.17, 15) is 24.0 Å². The topological polar surface area (TPSA) is 125 Å². The number of piperidine rings is 1. The molecule has 158 valence electrons. The van der Waals surface area contributed by atoms with E-state index in [1.165, 1.54) is 0 Å². The number of aromatic amines is 1. The number of rotatable bonds is 8. The fourth-order valence-corrected chi connectivity index (χ4v) is 3.70.